The van der Waals surface area contributed by atoms with E-state index in [2.05, 4.69) is 77.1 Å². The second-order valence-electron chi connectivity index (χ2n) is 9.11. The molecule has 0 radical (unpaired) electrons. The van der Waals surface area contributed by atoms with Gasteiger partial charge >= 0.3 is 0 Å². The number of ether oxygens (including phenoxy) is 1. The highest BCUT2D eigenvalue weighted by Crippen LogP contribution is 2.35. The lowest BCUT2D eigenvalue weighted by Gasteiger charge is -2.26. The maximum atomic E-state index is 10.3. The van der Waals surface area contributed by atoms with Gasteiger partial charge in [0.2, 0.25) is 0 Å². The molecule has 3 rings (SSSR count). The Morgan fingerprint density at radius 1 is 0.900 bits per heavy atom. The summed E-state index contributed by atoms with van der Waals surface area (Å²) in [5.74, 6) is 0.979. The molecular weight excluding hydrogens is 387 g/mol. The van der Waals surface area contributed by atoms with Gasteiger partial charge in [0.1, 0.15) is 12.4 Å². The second-order valence-corrected chi connectivity index (χ2v) is 10.4. The highest BCUT2D eigenvalue weighted by Gasteiger charge is 2.23. The van der Waals surface area contributed by atoms with Crippen molar-refractivity contribution in [3.8, 4) is 5.75 Å². The van der Waals surface area contributed by atoms with Crippen molar-refractivity contribution in [1.29, 1.82) is 0 Å². The van der Waals surface area contributed by atoms with E-state index < -0.39 is 6.10 Å². The molecule has 3 aromatic rings. The summed E-state index contributed by atoms with van der Waals surface area (Å²) in [5, 5.41) is 12.7. The zero-order chi connectivity index (χ0) is 21.9. The summed E-state index contributed by atoms with van der Waals surface area (Å²) in [5.41, 5.74) is 5.76. The molecule has 0 aromatic heterocycles. The molecule has 0 heterocycles. The average Bonchev–Trinajstić information content (AvgIpc) is 2.68. The number of aliphatic hydroxyl groups excluding tert-OH is 1. The number of aliphatic hydroxyl groups is 1. The van der Waals surface area contributed by atoms with Crippen LogP contribution in [0, 0.1) is 13.8 Å². The van der Waals surface area contributed by atoms with Crippen molar-refractivity contribution in [2.24, 2.45) is 0 Å². The van der Waals surface area contributed by atoms with Crippen LogP contribution in [0.25, 0.3) is 0 Å². The summed E-state index contributed by atoms with van der Waals surface area (Å²) in [7, 11) is 0.418. The van der Waals surface area contributed by atoms with Crippen LogP contribution in [0.1, 0.15) is 61.6 Å². The van der Waals surface area contributed by atoms with Crippen LogP contribution in [0.15, 0.2) is 60.7 Å². The number of aryl methyl sites for hydroxylation is 2. The zero-order valence-electron chi connectivity index (χ0n) is 18.9. The maximum absolute atomic E-state index is 10.3. The first kappa shape index (κ1) is 22.5. The Kier molecular flexibility index (Phi) is 7.01. The normalized spacial score (nSPS) is 13.0. The van der Waals surface area contributed by atoms with Gasteiger partial charge in [-0.2, -0.15) is 0 Å². The van der Waals surface area contributed by atoms with E-state index in [0.29, 0.717) is 15.2 Å². The molecule has 158 valence electrons. The fourth-order valence-electron chi connectivity index (χ4n) is 3.60. The first-order valence-electron chi connectivity index (χ1n) is 10.5. The minimum atomic E-state index is -0.493. The standard InChI is InChI=1S/C27H33O2P/c1-18-12-13-24(22(14-18)20(3)28)30-25-16-19(2)15-23(27(4,5)6)26(25)29-17-21-10-8-7-9-11-21/h7-16,20,28,30H,17H2,1-6H3. The van der Waals surface area contributed by atoms with E-state index in [-0.39, 0.29) is 5.41 Å². The van der Waals surface area contributed by atoms with E-state index in [4.69, 9.17) is 4.74 Å². The topological polar surface area (TPSA) is 29.5 Å². The SMILES string of the molecule is Cc1ccc(Pc2cc(C)cc(C(C)(C)C)c2OCc2ccccc2)c(C(C)O)c1. The quantitative estimate of drug-likeness (QED) is 0.506. The van der Waals surface area contributed by atoms with Gasteiger partial charge in [-0.1, -0.05) is 89.5 Å². The molecule has 0 bridgehead atoms. The molecule has 0 spiro atoms. The van der Waals surface area contributed by atoms with Crippen molar-refractivity contribution in [1.82, 2.24) is 0 Å². The predicted molar refractivity (Wildman–Crippen MR) is 130 cm³/mol. The third-order valence-corrected chi connectivity index (χ3v) is 6.56. The monoisotopic (exact) mass is 420 g/mol. The Morgan fingerprint density at radius 3 is 2.23 bits per heavy atom. The van der Waals surface area contributed by atoms with E-state index in [1.807, 2.05) is 25.1 Å². The van der Waals surface area contributed by atoms with E-state index in [9.17, 15) is 5.11 Å². The Balaban J connectivity index is 2.06. The van der Waals surface area contributed by atoms with Gasteiger partial charge in [0, 0.05) is 10.9 Å². The van der Waals surface area contributed by atoms with Gasteiger partial charge in [0.05, 0.1) is 6.10 Å². The van der Waals surface area contributed by atoms with E-state index in [1.54, 1.807) is 0 Å². The van der Waals surface area contributed by atoms with Gasteiger partial charge in [-0.05, 0) is 54.2 Å². The zero-order valence-corrected chi connectivity index (χ0v) is 19.9. The lowest BCUT2D eigenvalue weighted by atomic mass is 9.85. The molecule has 0 aliphatic heterocycles. The van der Waals surface area contributed by atoms with Gasteiger partial charge in [0.25, 0.3) is 0 Å². The van der Waals surface area contributed by atoms with Crippen molar-refractivity contribution in [2.75, 3.05) is 0 Å². The van der Waals surface area contributed by atoms with Crippen LogP contribution < -0.4 is 15.3 Å². The highest BCUT2D eigenvalue weighted by atomic mass is 31.1. The molecule has 0 aliphatic carbocycles. The van der Waals surface area contributed by atoms with Gasteiger partial charge in [-0.25, -0.2) is 0 Å². The smallest absolute Gasteiger partial charge is 0.131 e. The number of hydrogen-bond donors (Lipinski definition) is 1. The molecule has 2 atom stereocenters. The summed E-state index contributed by atoms with van der Waals surface area (Å²) in [6.45, 7) is 13.3. The van der Waals surface area contributed by atoms with Crippen molar-refractivity contribution < 1.29 is 9.84 Å². The fourth-order valence-corrected chi connectivity index (χ4v) is 5.10. The minimum Gasteiger partial charge on any atom is -0.488 e. The maximum Gasteiger partial charge on any atom is 0.131 e. The van der Waals surface area contributed by atoms with E-state index in [1.165, 1.54) is 27.3 Å². The first-order valence-corrected chi connectivity index (χ1v) is 11.5. The van der Waals surface area contributed by atoms with Crippen LogP contribution >= 0.6 is 8.58 Å². The van der Waals surface area contributed by atoms with Gasteiger partial charge in [0.15, 0.2) is 0 Å². The Bertz CT molecular complexity index is 1000. The van der Waals surface area contributed by atoms with Gasteiger partial charge in [-0.15, -0.1) is 0 Å². The lowest BCUT2D eigenvalue weighted by Crippen LogP contribution is -2.20. The molecule has 30 heavy (non-hydrogen) atoms. The predicted octanol–water partition coefficient (Wildman–Crippen LogP) is 5.86. The molecule has 0 saturated carbocycles. The molecule has 0 fully saturated rings. The lowest BCUT2D eigenvalue weighted by molar-refractivity contribution is 0.200. The van der Waals surface area contributed by atoms with Crippen molar-refractivity contribution >= 4 is 19.2 Å². The third kappa shape index (κ3) is 5.50. The molecule has 2 nitrogen and oxygen atoms in total. The summed E-state index contributed by atoms with van der Waals surface area (Å²) in [6, 6.07) is 21.2. The first-order chi connectivity index (χ1) is 14.1. The number of hydrogen-bond acceptors (Lipinski definition) is 2. The molecule has 0 amide bonds. The van der Waals surface area contributed by atoms with Crippen molar-refractivity contribution in [3.63, 3.8) is 0 Å². The van der Waals surface area contributed by atoms with Crippen LogP contribution in [-0.4, -0.2) is 5.11 Å². The molecule has 0 saturated heterocycles. The largest absolute Gasteiger partial charge is 0.488 e. The number of rotatable bonds is 6. The van der Waals surface area contributed by atoms with Crippen LogP contribution in [0.5, 0.6) is 5.75 Å². The van der Waals surface area contributed by atoms with Crippen LogP contribution in [0.3, 0.4) is 0 Å². The highest BCUT2D eigenvalue weighted by molar-refractivity contribution is 7.55. The van der Waals surface area contributed by atoms with Crippen LogP contribution in [0.2, 0.25) is 0 Å². The second kappa shape index (κ2) is 9.33. The average molecular weight is 421 g/mol. The molecule has 3 aromatic carbocycles. The summed E-state index contributed by atoms with van der Waals surface area (Å²) in [6.07, 6.45) is -0.493. The molecular formula is C27H33O2P. The van der Waals surface area contributed by atoms with Crippen molar-refractivity contribution in [3.05, 3.63) is 88.5 Å². The van der Waals surface area contributed by atoms with Crippen LogP contribution in [0.4, 0.5) is 0 Å². The fraction of sp³-hybridized carbons (Fsp3) is 0.333. The van der Waals surface area contributed by atoms with E-state index >= 15 is 0 Å². The van der Waals surface area contributed by atoms with Crippen molar-refractivity contribution in [2.45, 2.75) is 59.7 Å². The molecule has 2 unspecified atom stereocenters. The molecule has 1 N–H and O–H groups in total. The minimum absolute atomic E-state index is 0.0301. The Hall–Kier alpha value is -2.15. The van der Waals surface area contributed by atoms with Crippen LogP contribution in [-0.2, 0) is 12.0 Å². The van der Waals surface area contributed by atoms with E-state index in [0.717, 1.165) is 16.9 Å². The number of benzene rings is 3. The molecule has 3 heteroatoms. The summed E-state index contributed by atoms with van der Waals surface area (Å²) in [4.78, 5) is 0. The Labute approximate surface area is 183 Å². The van der Waals surface area contributed by atoms with Gasteiger partial charge < -0.3 is 9.84 Å². The van der Waals surface area contributed by atoms with Gasteiger partial charge in [-0.3, -0.25) is 0 Å². The molecule has 0 aliphatic rings. The summed E-state index contributed by atoms with van der Waals surface area (Å²) >= 11 is 0. The summed E-state index contributed by atoms with van der Waals surface area (Å²) < 4.78 is 6.48. The third-order valence-electron chi connectivity index (χ3n) is 5.19. The Morgan fingerprint density at radius 2 is 1.60 bits per heavy atom.